The summed E-state index contributed by atoms with van der Waals surface area (Å²) in [6.07, 6.45) is 6.22. The van der Waals surface area contributed by atoms with Gasteiger partial charge in [-0.15, -0.1) is 0 Å². The number of hydrogen-bond acceptors (Lipinski definition) is 5. The van der Waals surface area contributed by atoms with Crippen LogP contribution in [0.25, 0.3) is 0 Å². The standard InChI is InChI=1S/C30H43N3O5S/c1-5-26(30(35)31-25-16-9-10-17-25)32(22-24-15-8-7-14-23(24)3)29(34)20-13-21-33(39(4,36)37)27-18-11-12-19-28(27)38-6-2/h7-8,11-12,14-15,18-19,25-26H,5-6,9-10,13,16-17,20-22H2,1-4H3,(H,31,35)/t26-/m0/s1. The Kier molecular flexibility index (Phi) is 11.2. The van der Waals surface area contributed by atoms with Crippen LogP contribution in [0.1, 0.15) is 69.9 Å². The number of hydrogen-bond donors (Lipinski definition) is 1. The molecule has 0 bridgehead atoms. The van der Waals surface area contributed by atoms with E-state index in [1.165, 1.54) is 4.31 Å². The lowest BCUT2D eigenvalue weighted by Crippen LogP contribution is -2.51. The summed E-state index contributed by atoms with van der Waals surface area (Å²) in [4.78, 5) is 28.7. The highest BCUT2D eigenvalue weighted by atomic mass is 32.2. The topological polar surface area (TPSA) is 96.0 Å². The van der Waals surface area contributed by atoms with Gasteiger partial charge in [0.05, 0.1) is 18.6 Å². The number of sulfonamides is 1. The molecule has 1 N–H and O–H groups in total. The normalized spacial score (nSPS) is 14.6. The molecule has 0 aliphatic heterocycles. The fourth-order valence-corrected chi connectivity index (χ4v) is 6.15. The van der Waals surface area contributed by atoms with Gasteiger partial charge in [0.25, 0.3) is 0 Å². The first-order valence-electron chi connectivity index (χ1n) is 14.0. The van der Waals surface area contributed by atoms with Crippen LogP contribution in [-0.2, 0) is 26.2 Å². The number of carbonyl (C=O) groups excluding carboxylic acids is 2. The molecule has 1 saturated carbocycles. The van der Waals surface area contributed by atoms with Crippen LogP contribution < -0.4 is 14.4 Å². The molecular formula is C30H43N3O5S. The molecule has 2 aromatic rings. The largest absolute Gasteiger partial charge is 0.492 e. The minimum Gasteiger partial charge on any atom is -0.492 e. The average molecular weight is 558 g/mol. The van der Waals surface area contributed by atoms with Crippen molar-refractivity contribution in [2.24, 2.45) is 0 Å². The molecule has 2 amide bonds. The number of benzene rings is 2. The first kappa shape index (κ1) is 30.5. The summed E-state index contributed by atoms with van der Waals surface area (Å²) in [6, 6.07) is 14.4. The molecule has 1 atom stereocenters. The molecule has 0 radical (unpaired) electrons. The van der Waals surface area contributed by atoms with Crippen molar-refractivity contribution in [3.8, 4) is 5.75 Å². The maximum Gasteiger partial charge on any atom is 0.243 e. The van der Waals surface area contributed by atoms with Crippen LogP contribution in [0.4, 0.5) is 5.69 Å². The van der Waals surface area contributed by atoms with Crippen molar-refractivity contribution in [3.63, 3.8) is 0 Å². The van der Waals surface area contributed by atoms with Gasteiger partial charge in [0.1, 0.15) is 11.8 Å². The molecule has 214 valence electrons. The van der Waals surface area contributed by atoms with Crippen LogP contribution >= 0.6 is 0 Å². The second-order valence-corrected chi connectivity index (χ2v) is 12.1. The number of para-hydroxylation sites is 2. The number of ether oxygens (including phenoxy) is 1. The first-order chi connectivity index (χ1) is 18.7. The smallest absolute Gasteiger partial charge is 0.243 e. The van der Waals surface area contributed by atoms with E-state index in [0.717, 1.165) is 43.1 Å². The van der Waals surface area contributed by atoms with Crippen LogP contribution in [-0.4, -0.2) is 56.6 Å². The fourth-order valence-electron chi connectivity index (χ4n) is 5.18. The van der Waals surface area contributed by atoms with Crippen LogP contribution in [0.2, 0.25) is 0 Å². The van der Waals surface area contributed by atoms with E-state index in [1.807, 2.05) is 45.0 Å². The number of rotatable bonds is 14. The van der Waals surface area contributed by atoms with Gasteiger partial charge in [-0.25, -0.2) is 8.42 Å². The van der Waals surface area contributed by atoms with Gasteiger partial charge in [0.2, 0.25) is 21.8 Å². The molecule has 3 rings (SSSR count). The van der Waals surface area contributed by atoms with Crippen molar-refractivity contribution in [3.05, 3.63) is 59.7 Å². The zero-order valence-corrected chi connectivity index (χ0v) is 24.5. The van der Waals surface area contributed by atoms with Gasteiger partial charge in [-0.2, -0.15) is 0 Å². The number of carbonyl (C=O) groups is 2. The molecule has 9 heteroatoms. The Morgan fingerprint density at radius 1 is 1.05 bits per heavy atom. The zero-order valence-electron chi connectivity index (χ0n) is 23.7. The van der Waals surface area contributed by atoms with E-state index in [1.54, 1.807) is 29.2 Å². The minimum atomic E-state index is -3.61. The summed E-state index contributed by atoms with van der Waals surface area (Å²) >= 11 is 0. The van der Waals surface area contributed by atoms with Crippen LogP contribution in [0, 0.1) is 6.92 Å². The lowest BCUT2D eigenvalue weighted by Gasteiger charge is -2.32. The summed E-state index contributed by atoms with van der Waals surface area (Å²) in [6.45, 7) is 6.62. The molecule has 0 aromatic heterocycles. The zero-order chi connectivity index (χ0) is 28.4. The Balaban J connectivity index is 1.78. The highest BCUT2D eigenvalue weighted by Gasteiger charge is 2.31. The summed E-state index contributed by atoms with van der Waals surface area (Å²) in [5.74, 6) is 0.195. The Morgan fingerprint density at radius 3 is 2.36 bits per heavy atom. The maximum atomic E-state index is 13.7. The average Bonchev–Trinajstić information content (AvgIpc) is 3.40. The second-order valence-electron chi connectivity index (χ2n) is 10.2. The van der Waals surface area contributed by atoms with E-state index in [0.29, 0.717) is 37.4 Å². The molecular weight excluding hydrogens is 514 g/mol. The molecule has 2 aromatic carbocycles. The second kappa shape index (κ2) is 14.4. The van der Waals surface area contributed by atoms with E-state index in [2.05, 4.69) is 5.32 Å². The van der Waals surface area contributed by atoms with Crippen LogP contribution in [0.3, 0.4) is 0 Å². The predicted molar refractivity (Wildman–Crippen MR) is 155 cm³/mol. The van der Waals surface area contributed by atoms with Gasteiger partial charge in [-0.1, -0.05) is 56.2 Å². The number of aryl methyl sites for hydroxylation is 1. The summed E-state index contributed by atoms with van der Waals surface area (Å²) in [7, 11) is -3.61. The molecule has 8 nitrogen and oxygen atoms in total. The molecule has 39 heavy (non-hydrogen) atoms. The Hall–Kier alpha value is -3.07. The quantitative estimate of drug-likeness (QED) is 0.360. The lowest BCUT2D eigenvalue weighted by atomic mass is 10.0. The molecule has 0 unspecified atom stereocenters. The molecule has 0 spiro atoms. The third-order valence-corrected chi connectivity index (χ3v) is 8.46. The number of anilines is 1. The van der Waals surface area contributed by atoms with E-state index < -0.39 is 16.1 Å². The van der Waals surface area contributed by atoms with E-state index in [-0.39, 0.29) is 30.8 Å². The third kappa shape index (κ3) is 8.46. The van der Waals surface area contributed by atoms with E-state index >= 15 is 0 Å². The summed E-state index contributed by atoms with van der Waals surface area (Å²) in [5.41, 5.74) is 2.49. The number of amides is 2. The monoisotopic (exact) mass is 557 g/mol. The van der Waals surface area contributed by atoms with Crippen molar-refractivity contribution in [1.82, 2.24) is 10.2 Å². The van der Waals surface area contributed by atoms with Crippen molar-refractivity contribution in [2.45, 2.75) is 84.3 Å². The Morgan fingerprint density at radius 2 is 1.72 bits per heavy atom. The van der Waals surface area contributed by atoms with Gasteiger partial charge in [-0.05, 0) is 62.8 Å². The maximum absolute atomic E-state index is 13.7. The summed E-state index contributed by atoms with van der Waals surface area (Å²) in [5, 5.41) is 3.17. The van der Waals surface area contributed by atoms with E-state index in [9.17, 15) is 18.0 Å². The van der Waals surface area contributed by atoms with Gasteiger partial charge in [0, 0.05) is 25.6 Å². The van der Waals surface area contributed by atoms with Crippen molar-refractivity contribution >= 4 is 27.5 Å². The van der Waals surface area contributed by atoms with Crippen LogP contribution in [0.5, 0.6) is 5.75 Å². The summed E-state index contributed by atoms with van der Waals surface area (Å²) < 4.78 is 32.4. The number of nitrogens with one attached hydrogen (secondary N) is 1. The molecule has 1 aliphatic carbocycles. The van der Waals surface area contributed by atoms with Crippen molar-refractivity contribution < 1.29 is 22.7 Å². The predicted octanol–water partition coefficient (Wildman–Crippen LogP) is 4.81. The van der Waals surface area contributed by atoms with Crippen LogP contribution in [0.15, 0.2) is 48.5 Å². The highest BCUT2D eigenvalue weighted by Crippen LogP contribution is 2.30. The van der Waals surface area contributed by atoms with E-state index in [4.69, 9.17) is 4.74 Å². The Labute approximate surface area is 233 Å². The van der Waals surface area contributed by atoms with Crippen molar-refractivity contribution in [2.75, 3.05) is 23.7 Å². The SMILES string of the molecule is CCOc1ccccc1N(CCCC(=O)N(Cc1ccccc1C)[C@@H](CC)C(=O)NC1CCCC1)S(C)(=O)=O. The first-order valence-corrected chi connectivity index (χ1v) is 15.8. The Bertz CT molecular complexity index is 1210. The van der Waals surface area contributed by atoms with Gasteiger partial charge in [0.15, 0.2) is 0 Å². The van der Waals surface area contributed by atoms with Crippen molar-refractivity contribution in [1.29, 1.82) is 0 Å². The van der Waals surface area contributed by atoms with Gasteiger partial charge >= 0.3 is 0 Å². The molecule has 1 aliphatic rings. The molecule has 1 fully saturated rings. The van der Waals surface area contributed by atoms with Gasteiger partial charge in [-0.3, -0.25) is 13.9 Å². The molecule has 0 heterocycles. The highest BCUT2D eigenvalue weighted by molar-refractivity contribution is 7.92. The third-order valence-electron chi connectivity index (χ3n) is 7.28. The molecule has 0 saturated heterocycles. The minimum absolute atomic E-state index is 0.113. The fraction of sp³-hybridized carbons (Fsp3) is 0.533. The van der Waals surface area contributed by atoms with Gasteiger partial charge < -0.3 is 15.0 Å². The number of nitrogens with zero attached hydrogens (tertiary/aromatic N) is 2. The lowest BCUT2D eigenvalue weighted by molar-refractivity contribution is -0.141.